The molecule has 0 radical (unpaired) electrons. The van der Waals surface area contributed by atoms with Gasteiger partial charge in [0.1, 0.15) is 17.3 Å². The van der Waals surface area contributed by atoms with E-state index >= 15 is 0 Å². The predicted molar refractivity (Wildman–Crippen MR) is 71.6 cm³/mol. The summed E-state index contributed by atoms with van der Waals surface area (Å²) in [5.41, 5.74) is -0.223. The fourth-order valence-corrected chi connectivity index (χ4v) is 2.03. The number of carbonyl (C=O) groups excluding carboxylic acids is 1. The van der Waals surface area contributed by atoms with E-state index in [-0.39, 0.29) is 12.3 Å². The molecule has 1 aliphatic rings. The standard InChI is InChI=1S/C14H10F3N3O2/c15-14(16,17)8-2-1-3-9(6-8)22-11-4-5-18-12-10(11)7-19-13(21)20-12/h1-6H,7H2,(H2,18,19,20,21). The molecular formula is C14H10F3N3O2. The summed E-state index contributed by atoms with van der Waals surface area (Å²) in [6.07, 6.45) is -3.03. The fraction of sp³-hybridized carbons (Fsp3) is 0.143. The lowest BCUT2D eigenvalue weighted by Gasteiger charge is -2.20. The number of halogens is 3. The van der Waals surface area contributed by atoms with Crippen molar-refractivity contribution in [2.24, 2.45) is 0 Å². The second-order valence-corrected chi connectivity index (χ2v) is 4.57. The van der Waals surface area contributed by atoms with Gasteiger partial charge in [-0.1, -0.05) is 6.07 Å². The maximum atomic E-state index is 12.7. The summed E-state index contributed by atoms with van der Waals surface area (Å²) >= 11 is 0. The number of hydrogen-bond acceptors (Lipinski definition) is 3. The molecular weight excluding hydrogens is 299 g/mol. The average Bonchev–Trinajstić information content (AvgIpc) is 2.46. The number of nitrogens with zero attached hydrogens (tertiary/aromatic N) is 1. The molecule has 0 fully saturated rings. The normalized spacial score (nSPS) is 13.9. The molecule has 1 aromatic carbocycles. The van der Waals surface area contributed by atoms with E-state index in [1.807, 2.05) is 0 Å². The lowest BCUT2D eigenvalue weighted by molar-refractivity contribution is -0.137. The molecule has 3 rings (SSSR count). The van der Waals surface area contributed by atoms with Gasteiger partial charge in [-0.05, 0) is 24.3 Å². The van der Waals surface area contributed by atoms with Crippen LogP contribution in [0, 0.1) is 0 Å². The van der Waals surface area contributed by atoms with Gasteiger partial charge in [-0.15, -0.1) is 0 Å². The number of aromatic nitrogens is 1. The Labute approximate surface area is 123 Å². The Hall–Kier alpha value is -2.77. The molecule has 0 unspecified atom stereocenters. The third-order valence-corrected chi connectivity index (χ3v) is 3.06. The van der Waals surface area contributed by atoms with Crippen molar-refractivity contribution in [2.75, 3.05) is 5.32 Å². The first-order valence-corrected chi connectivity index (χ1v) is 6.31. The predicted octanol–water partition coefficient (Wildman–Crippen LogP) is 3.53. The highest BCUT2D eigenvalue weighted by atomic mass is 19.4. The van der Waals surface area contributed by atoms with Crippen molar-refractivity contribution in [3.05, 3.63) is 47.7 Å². The molecule has 2 aromatic rings. The summed E-state index contributed by atoms with van der Waals surface area (Å²) < 4.78 is 43.6. The van der Waals surface area contributed by atoms with E-state index in [1.54, 1.807) is 0 Å². The molecule has 0 aliphatic carbocycles. The van der Waals surface area contributed by atoms with Crippen molar-refractivity contribution in [1.29, 1.82) is 0 Å². The van der Waals surface area contributed by atoms with Gasteiger partial charge in [-0.2, -0.15) is 13.2 Å². The Morgan fingerprint density at radius 3 is 2.82 bits per heavy atom. The van der Waals surface area contributed by atoms with Gasteiger partial charge < -0.3 is 10.1 Å². The van der Waals surface area contributed by atoms with Crippen LogP contribution in [-0.4, -0.2) is 11.0 Å². The number of ether oxygens (including phenoxy) is 1. The van der Waals surface area contributed by atoms with Gasteiger partial charge in [0, 0.05) is 6.20 Å². The molecule has 22 heavy (non-hydrogen) atoms. The molecule has 1 aromatic heterocycles. The zero-order valence-corrected chi connectivity index (χ0v) is 11.1. The number of urea groups is 1. The van der Waals surface area contributed by atoms with Crippen LogP contribution in [0.1, 0.15) is 11.1 Å². The summed E-state index contributed by atoms with van der Waals surface area (Å²) in [7, 11) is 0. The van der Waals surface area contributed by atoms with Crippen LogP contribution >= 0.6 is 0 Å². The van der Waals surface area contributed by atoms with Crippen molar-refractivity contribution in [2.45, 2.75) is 12.7 Å². The minimum atomic E-state index is -4.44. The summed E-state index contributed by atoms with van der Waals surface area (Å²) in [5.74, 6) is 0.713. The van der Waals surface area contributed by atoms with Crippen molar-refractivity contribution in [3.63, 3.8) is 0 Å². The number of alkyl halides is 3. The van der Waals surface area contributed by atoms with E-state index in [2.05, 4.69) is 15.6 Å². The van der Waals surface area contributed by atoms with Crippen molar-refractivity contribution in [1.82, 2.24) is 10.3 Å². The number of pyridine rings is 1. The highest BCUT2D eigenvalue weighted by Crippen LogP contribution is 2.34. The second kappa shape index (κ2) is 5.21. The Morgan fingerprint density at radius 1 is 1.23 bits per heavy atom. The van der Waals surface area contributed by atoms with E-state index in [4.69, 9.17) is 4.74 Å². The Morgan fingerprint density at radius 2 is 2.05 bits per heavy atom. The van der Waals surface area contributed by atoms with Gasteiger partial charge in [0.25, 0.3) is 0 Å². The van der Waals surface area contributed by atoms with E-state index in [9.17, 15) is 18.0 Å². The highest BCUT2D eigenvalue weighted by Gasteiger charge is 2.30. The number of fused-ring (bicyclic) bond motifs is 1. The molecule has 0 atom stereocenters. The monoisotopic (exact) mass is 309 g/mol. The molecule has 114 valence electrons. The van der Waals surface area contributed by atoms with E-state index in [1.165, 1.54) is 24.4 Å². The van der Waals surface area contributed by atoms with Gasteiger partial charge in [-0.25, -0.2) is 9.78 Å². The van der Waals surface area contributed by atoms with E-state index in [0.29, 0.717) is 17.1 Å². The summed E-state index contributed by atoms with van der Waals surface area (Å²) in [6, 6.07) is 5.72. The molecule has 0 saturated carbocycles. The highest BCUT2D eigenvalue weighted by molar-refractivity contribution is 5.91. The summed E-state index contributed by atoms with van der Waals surface area (Å²) in [6.45, 7) is 0.184. The Bertz CT molecular complexity index is 732. The first-order valence-electron chi connectivity index (χ1n) is 6.31. The topological polar surface area (TPSA) is 63.2 Å². The third-order valence-electron chi connectivity index (χ3n) is 3.06. The molecule has 8 heteroatoms. The Balaban J connectivity index is 1.91. The Kier molecular flexibility index (Phi) is 3.36. The van der Waals surface area contributed by atoms with Crippen LogP contribution in [0.25, 0.3) is 0 Å². The minimum absolute atomic E-state index is 0.0557. The average molecular weight is 309 g/mol. The van der Waals surface area contributed by atoms with Crippen molar-refractivity contribution < 1.29 is 22.7 Å². The van der Waals surface area contributed by atoms with Gasteiger partial charge in [0.05, 0.1) is 17.7 Å². The molecule has 2 amide bonds. The number of amides is 2. The number of anilines is 1. The molecule has 5 nitrogen and oxygen atoms in total. The first kappa shape index (κ1) is 14.2. The number of benzene rings is 1. The lowest BCUT2D eigenvalue weighted by Crippen LogP contribution is -2.34. The van der Waals surface area contributed by atoms with Gasteiger partial charge >= 0.3 is 12.2 Å². The summed E-state index contributed by atoms with van der Waals surface area (Å²) in [4.78, 5) is 15.2. The molecule has 0 saturated heterocycles. The quantitative estimate of drug-likeness (QED) is 0.892. The van der Waals surface area contributed by atoms with Crippen LogP contribution in [0.5, 0.6) is 11.5 Å². The number of hydrogen-bond donors (Lipinski definition) is 2. The number of nitrogens with one attached hydrogen (secondary N) is 2. The largest absolute Gasteiger partial charge is 0.457 e. The maximum Gasteiger partial charge on any atom is 0.416 e. The van der Waals surface area contributed by atoms with Crippen LogP contribution in [0.3, 0.4) is 0 Å². The third kappa shape index (κ3) is 2.80. The first-order chi connectivity index (χ1) is 10.4. The van der Waals surface area contributed by atoms with Gasteiger partial charge in [0.15, 0.2) is 0 Å². The van der Waals surface area contributed by atoms with Crippen LogP contribution < -0.4 is 15.4 Å². The number of rotatable bonds is 2. The van der Waals surface area contributed by atoms with Crippen molar-refractivity contribution >= 4 is 11.8 Å². The number of carbonyl (C=O) groups is 1. The zero-order valence-electron chi connectivity index (χ0n) is 11.1. The van der Waals surface area contributed by atoms with Gasteiger partial charge in [-0.3, -0.25) is 5.32 Å². The second-order valence-electron chi connectivity index (χ2n) is 4.57. The summed E-state index contributed by atoms with van der Waals surface area (Å²) in [5, 5.41) is 5.05. The minimum Gasteiger partial charge on any atom is -0.457 e. The lowest BCUT2D eigenvalue weighted by atomic mass is 10.2. The molecule has 0 bridgehead atoms. The van der Waals surface area contributed by atoms with Gasteiger partial charge in [0.2, 0.25) is 0 Å². The smallest absolute Gasteiger partial charge is 0.416 e. The molecule has 2 heterocycles. The van der Waals surface area contributed by atoms with Crippen LogP contribution in [0.2, 0.25) is 0 Å². The van der Waals surface area contributed by atoms with E-state index < -0.39 is 17.8 Å². The fourth-order valence-electron chi connectivity index (χ4n) is 2.03. The molecule has 0 spiro atoms. The van der Waals surface area contributed by atoms with Crippen LogP contribution in [0.15, 0.2) is 36.5 Å². The maximum absolute atomic E-state index is 12.7. The van der Waals surface area contributed by atoms with Crippen LogP contribution in [-0.2, 0) is 12.7 Å². The van der Waals surface area contributed by atoms with Crippen molar-refractivity contribution in [3.8, 4) is 11.5 Å². The zero-order chi connectivity index (χ0) is 15.7. The van der Waals surface area contributed by atoms with Crippen LogP contribution in [0.4, 0.5) is 23.8 Å². The van der Waals surface area contributed by atoms with E-state index in [0.717, 1.165) is 12.1 Å². The SMILES string of the molecule is O=C1NCc2c(Oc3cccc(C(F)(F)F)c3)ccnc2N1. The molecule has 1 aliphatic heterocycles. The molecule has 2 N–H and O–H groups in total.